The zero-order valence-corrected chi connectivity index (χ0v) is 23.1. The lowest BCUT2D eigenvalue weighted by atomic mass is 9.85. The maximum Gasteiger partial charge on any atom is 0.410 e. The number of amides is 2. The van der Waals surface area contributed by atoms with E-state index in [9.17, 15) is 18.0 Å². The predicted octanol–water partition coefficient (Wildman–Crippen LogP) is 4.83. The average molecular weight is 530 g/mol. The van der Waals surface area contributed by atoms with Crippen LogP contribution in [0.4, 0.5) is 4.79 Å². The fourth-order valence-corrected chi connectivity index (χ4v) is 6.81. The van der Waals surface area contributed by atoms with Gasteiger partial charge < -0.3 is 15.0 Å². The van der Waals surface area contributed by atoms with Crippen molar-refractivity contribution in [3.05, 3.63) is 42.0 Å². The molecule has 8 nitrogen and oxygen atoms in total. The standard InChI is InChI=1S/C28H39N3O5S/c1-19-9-5-6-13-24(19)29-26(32)23-12-7-11-22-21(23)10-8-14-25(22)37(34,35)30-20-15-17-31(18-16-20)27(33)36-28(2,3)4/h7-8,10-12,14,19-20,24,30H,5-6,9,13,15-18H2,1-4H3,(H,29,32). The van der Waals surface area contributed by atoms with Crippen molar-refractivity contribution in [2.45, 2.75) is 88.8 Å². The molecular weight excluding hydrogens is 490 g/mol. The first kappa shape index (κ1) is 27.4. The average Bonchev–Trinajstić information content (AvgIpc) is 2.83. The van der Waals surface area contributed by atoms with Gasteiger partial charge in [0.2, 0.25) is 10.0 Å². The molecule has 1 saturated carbocycles. The van der Waals surface area contributed by atoms with Crippen LogP contribution in [0.1, 0.15) is 76.6 Å². The van der Waals surface area contributed by atoms with Crippen molar-refractivity contribution in [2.75, 3.05) is 13.1 Å². The summed E-state index contributed by atoms with van der Waals surface area (Å²) in [6.45, 7) is 8.47. The van der Waals surface area contributed by atoms with Gasteiger partial charge in [-0.3, -0.25) is 4.79 Å². The fraction of sp³-hybridized carbons (Fsp3) is 0.571. The highest BCUT2D eigenvalue weighted by atomic mass is 32.2. The molecule has 2 atom stereocenters. The van der Waals surface area contributed by atoms with E-state index in [-0.39, 0.29) is 29.0 Å². The number of ether oxygens (including phenoxy) is 1. The van der Waals surface area contributed by atoms with Crippen LogP contribution in [-0.2, 0) is 14.8 Å². The Balaban J connectivity index is 1.48. The number of fused-ring (bicyclic) bond motifs is 1. The molecule has 0 radical (unpaired) electrons. The Morgan fingerprint density at radius 3 is 2.27 bits per heavy atom. The van der Waals surface area contributed by atoms with Gasteiger partial charge in [0, 0.05) is 36.1 Å². The molecule has 2 aliphatic rings. The van der Waals surface area contributed by atoms with Crippen molar-refractivity contribution in [1.82, 2.24) is 14.9 Å². The van der Waals surface area contributed by atoms with Gasteiger partial charge in [0.25, 0.3) is 5.91 Å². The monoisotopic (exact) mass is 529 g/mol. The topological polar surface area (TPSA) is 105 Å². The molecule has 1 aliphatic heterocycles. The summed E-state index contributed by atoms with van der Waals surface area (Å²) in [6.07, 6.45) is 4.98. The van der Waals surface area contributed by atoms with E-state index in [1.165, 1.54) is 6.42 Å². The summed E-state index contributed by atoms with van der Waals surface area (Å²) in [7, 11) is -3.85. The summed E-state index contributed by atoms with van der Waals surface area (Å²) < 4.78 is 35.1. The smallest absolute Gasteiger partial charge is 0.410 e. The Hall–Kier alpha value is -2.65. The quantitative estimate of drug-likeness (QED) is 0.578. The van der Waals surface area contributed by atoms with Crippen molar-refractivity contribution in [3.63, 3.8) is 0 Å². The van der Waals surface area contributed by atoms with Crippen LogP contribution in [0.25, 0.3) is 10.8 Å². The second-order valence-corrected chi connectivity index (χ2v) is 13.0. The number of carbonyl (C=O) groups excluding carboxylic acids is 2. The van der Waals surface area contributed by atoms with Crippen molar-refractivity contribution in [2.24, 2.45) is 5.92 Å². The van der Waals surface area contributed by atoms with Gasteiger partial charge in [0.15, 0.2) is 0 Å². The van der Waals surface area contributed by atoms with Crippen LogP contribution in [-0.4, -0.2) is 56.1 Å². The predicted molar refractivity (Wildman–Crippen MR) is 144 cm³/mol. The van der Waals surface area contributed by atoms with Crippen LogP contribution in [0.5, 0.6) is 0 Å². The lowest BCUT2D eigenvalue weighted by Crippen LogP contribution is -2.47. The summed E-state index contributed by atoms with van der Waals surface area (Å²) in [4.78, 5) is 27.3. The van der Waals surface area contributed by atoms with Crippen molar-refractivity contribution < 1.29 is 22.7 Å². The largest absolute Gasteiger partial charge is 0.444 e. The van der Waals surface area contributed by atoms with Crippen molar-refractivity contribution in [3.8, 4) is 0 Å². The molecule has 2 N–H and O–H groups in total. The molecule has 9 heteroatoms. The minimum Gasteiger partial charge on any atom is -0.444 e. The van der Waals surface area contributed by atoms with E-state index in [1.54, 1.807) is 41.3 Å². The SMILES string of the molecule is CC1CCCCC1NC(=O)c1cccc2c(S(=O)(=O)NC3CCN(C(=O)OC(C)(C)C)CC3)cccc12. The van der Waals surface area contributed by atoms with E-state index < -0.39 is 15.6 Å². The number of carbonyl (C=O) groups is 2. The van der Waals surface area contributed by atoms with E-state index in [0.29, 0.717) is 48.2 Å². The van der Waals surface area contributed by atoms with Gasteiger partial charge in [-0.05, 0) is 69.9 Å². The van der Waals surface area contributed by atoms with Gasteiger partial charge in [-0.1, -0.05) is 44.0 Å². The minimum atomic E-state index is -3.85. The highest BCUT2D eigenvalue weighted by Gasteiger charge is 2.30. The van der Waals surface area contributed by atoms with Crippen molar-refractivity contribution in [1.29, 1.82) is 0 Å². The van der Waals surface area contributed by atoms with Gasteiger partial charge in [-0.25, -0.2) is 17.9 Å². The number of likely N-dealkylation sites (tertiary alicyclic amines) is 1. The highest BCUT2D eigenvalue weighted by molar-refractivity contribution is 7.89. The molecule has 202 valence electrons. The summed E-state index contributed by atoms with van der Waals surface area (Å²) >= 11 is 0. The minimum absolute atomic E-state index is 0.136. The lowest BCUT2D eigenvalue weighted by molar-refractivity contribution is 0.0203. The number of sulfonamides is 1. The summed E-state index contributed by atoms with van der Waals surface area (Å²) in [5.41, 5.74) is -0.0909. The molecule has 1 aliphatic carbocycles. The van der Waals surface area contributed by atoms with Gasteiger partial charge in [0.05, 0.1) is 4.90 Å². The first-order chi connectivity index (χ1) is 17.4. The normalized spacial score (nSPS) is 21.6. The first-order valence-corrected chi connectivity index (χ1v) is 14.8. The third-order valence-corrected chi connectivity index (χ3v) is 8.89. The third kappa shape index (κ3) is 6.62. The molecule has 2 unspecified atom stereocenters. The van der Waals surface area contributed by atoms with E-state index in [1.807, 2.05) is 20.8 Å². The van der Waals surface area contributed by atoms with Crippen LogP contribution in [0.2, 0.25) is 0 Å². The zero-order valence-electron chi connectivity index (χ0n) is 22.2. The van der Waals surface area contributed by atoms with E-state index >= 15 is 0 Å². The molecule has 0 aromatic heterocycles. The van der Waals surface area contributed by atoms with Crippen LogP contribution in [0.3, 0.4) is 0 Å². The van der Waals surface area contributed by atoms with E-state index in [0.717, 1.165) is 19.3 Å². The summed E-state index contributed by atoms with van der Waals surface area (Å²) in [5.74, 6) is 0.260. The number of hydrogen-bond donors (Lipinski definition) is 2. The molecule has 2 aromatic carbocycles. The van der Waals surface area contributed by atoms with Crippen molar-refractivity contribution >= 4 is 32.8 Å². The number of hydrogen-bond acceptors (Lipinski definition) is 5. The molecule has 37 heavy (non-hydrogen) atoms. The summed E-state index contributed by atoms with van der Waals surface area (Å²) in [5, 5.41) is 4.32. The highest BCUT2D eigenvalue weighted by Crippen LogP contribution is 2.28. The molecular formula is C28H39N3O5S. The molecule has 2 aromatic rings. The number of benzene rings is 2. The van der Waals surface area contributed by atoms with Gasteiger partial charge in [-0.2, -0.15) is 0 Å². The Labute approximate surface area is 220 Å². The summed E-state index contributed by atoms with van der Waals surface area (Å²) in [6, 6.07) is 10.1. The van der Waals surface area contributed by atoms with E-state index in [4.69, 9.17) is 4.74 Å². The van der Waals surface area contributed by atoms with Gasteiger partial charge in [-0.15, -0.1) is 0 Å². The fourth-order valence-electron chi connectivity index (χ4n) is 5.28. The Kier molecular flexibility index (Phi) is 8.14. The molecule has 0 spiro atoms. The number of nitrogens with one attached hydrogen (secondary N) is 2. The lowest BCUT2D eigenvalue weighted by Gasteiger charge is -2.33. The Morgan fingerprint density at radius 1 is 0.946 bits per heavy atom. The molecule has 4 rings (SSSR count). The maximum absolute atomic E-state index is 13.4. The van der Waals surface area contributed by atoms with Crippen LogP contribution >= 0.6 is 0 Å². The number of nitrogens with zero attached hydrogens (tertiary/aromatic N) is 1. The molecule has 1 saturated heterocycles. The Morgan fingerprint density at radius 2 is 1.59 bits per heavy atom. The third-order valence-electron chi connectivity index (χ3n) is 7.31. The van der Waals surface area contributed by atoms with Gasteiger partial charge >= 0.3 is 6.09 Å². The zero-order chi connectivity index (χ0) is 26.8. The van der Waals surface area contributed by atoms with Crippen LogP contribution in [0, 0.1) is 5.92 Å². The second kappa shape index (κ2) is 11.0. The number of piperidine rings is 1. The molecule has 0 bridgehead atoms. The second-order valence-electron chi connectivity index (χ2n) is 11.4. The Bertz CT molecular complexity index is 1250. The van der Waals surface area contributed by atoms with Gasteiger partial charge in [0.1, 0.15) is 5.60 Å². The number of rotatable bonds is 5. The first-order valence-electron chi connectivity index (χ1n) is 13.3. The molecule has 1 heterocycles. The van der Waals surface area contributed by atoms with Crippen LogP contribution in [0.15, 0.2) is 41.3 Å². The maximum atomic E-state index is 13.4. The van der Waals surface area contributed by atoms with Crippen LogP contribution < -0.4 is 10.0 Å². The van der Waals surface area contributed by atoms with E-state index in [2.05, 4.69) is 17.0 Å². The molecule has 2 fully saturated rings. The molecule has 2 amide bonds.